The van der Waals surface area contributed by atoms with Gasteiger partial charge in [0.05, 0.1) is 0 Å². The van der Waals surface area contributed by atoms with Crippen molar-refractivity contribution in [1.29, 1.82) is 0 Å². The standard InChI is InChI=1S/C23H27N3O2/c1-4-26(17-20-15-24-19(3)25-16-20)21-6-5-7-23(14-21)28-13-12-27-22-10-8-18(2)9-11-22/h5-11,14-16H,4,12-13,17H2,1-3H3. The van der Waals surface area contributed by atoms with E-state index >= 15 is 0 Å². The molecule has 0 aliphatic rings. The van der Waals surface area contributed by atoms with Crippen LogP contribution < -0.4 is 14.4 Å². The molecular weight excluding hydrogens is 350 g/mol. The summed E-state index contributed by atoms with van der Waals surface area (Å²) in [7, 11) is 0. The molecule has 0 bridgehead atoms. The summed E-state index contributed by atoms with van der Waals surface area (Å²) in [6.45, 7) is 8.74. The van der Waals surface area contributed by atoms with Gasteiger partial charge in [-0.15, -0.1) is 0 Å². The predicted octanol–water partition coefficient (Wildman–Crippen LogP) is 4.58. The lowest BCUT2D eigenvalue weighted by molar-refractivity contribution is 0.217. The Morgan fingerprint density at radius 1 is 0.857 bits per heavy atom. The molecule has 5 nitrogen and oxygen atoms in total. The van der Waals surface area contributed by atoms with Gasteiger partial charge in [-0.05, 0) is 45.0 Å². The number of aromatic nitrogens is 2. The highest BCUT2D eigenvalue weighted by atomic mass is 16.5. The molecule has 0 aliphatic carbocycles. The molecule has 28 heavy (non-hydrogen) atoms. The van der Waals surface area contributed by atoms with Crippen LogP contribution in [-0.4, -0.2) is 29.7 Å². The molecule has 0 fully saturated rings. The van der Waals surface area contributed by atoms with Crippen molar-refractivity contribution in [3.05, 3.63) is 77.9 Å². The van der Waals surface area contributed by atoms with Gasteiger partial charge in [0, 0.05) is 42.8 Å². The highest BCUT2D eigenvalue weighted by Gasteiger charge is 2.07. The first-order chi connectivity index (χ1) is 13.6. The summed E-state index contributed by atoms with van der Waals surface area (Å²) < 4.78 is 11.6. The summed E-state index contributed by atoms with van der Waals surface area (Å²) in [5.41, 5.74) is 3.42. The molecule has 0 atom stereocenters. The first-order valence-corrected chi connectivity index (χ1v) is 9.59. The van der Waals surface area contributed by atoms with Gasteiger partial charge in [0.15, 0.2) is 0 Å². The van der Waals surface area contributed by atoms with Crippen molar-refractivity contribution in [1.82, 2.24) is 9.97 Å². The van der Waals surface area contributed by atoms with E-state index < -0.39 is 0 Å². The van der Waals surface area contributed by atoms with Crippen molar-refractivity contribution in [2.45, 2.75) is 27.3 Å². The molecule has 0 saturated heterocycles. The lowest BCUT2D eigenvalue weighted by atomic mass is 10.2. The maximum Gasteiger partial charge on any atom is 0.125 e. The van der Waals surface area contributed by atoms with E-state index in [0.29, 0.717) is 13.2 Å². The van der Waals surface area contributed by atoms with Crippen molar-refractivity contribution in [2.75, 3.05) is 24.7 Å². The second kappa shape index (κ2) is 9.74. The number of aryl methyl sites for hydroxylation is 2. The number of nitrogens with zero attached hydrogens (tertiary/aromatic N) is 3. The van der Waals surface area contributed by atoms with Crippen LogP contribution in [0.25, 0.3) is 0 Å². The zero-order valence-electron chi connectivity index (χ0n) is 16.8. The monoisotopic (exact) mass is 377 g/mol. The number of benzene rings is 2. The Hall–Kier alpha value is -3.08. The van der Waals surface area contributed by atoms with Gasteiger partial charge in [0.1, 0.15) is 30.5 Å². The Morgan fingerprint density at radius 3 is 2.21 bits per heavy atom. The van der Waals surface area contributed by atoms with Crippen LogP contribution in [0.5, 0.6) is 11.5 Å². The maximum atomic E-state index is 5.88. The van der Waals surface area contributed by atoms with Crippen LogP contribution in [0, 0.1) is 13.8 Å². The second-order valence-corrected chi connectivity index (χ2v) is 6.66. The Morgan fingerprint density at radius 2 is 1.54 bits per heavy atom. The van der Waals surface area contributed by atoms with Gasteiger partial charge in [0.25, 0.3) is 0 Å². The van der Waals surface area contributed by atoms with E-state index in [2.05, 4.69) is 40.8 Å². The average Bonchev–Trinajstić information content (AvgIpc) is 2.72. The Kier molecular flexibility index (Phi) is 6.84. The third-order valence-electron chi connectivity index (χ3n) is 4.41. The van der Waals surface area contributed by atoms with Crippen LogP contribution in [0.15, 0.2) is 60.9 Å². The van der Waals surface area contributed by atoms with Crippen LogP contribution in [-0.2, 0) is 6.54 Å². The molecule has 5 heteroatoms. The third kappa shape index (κ3) is 5.71. The van der Waals surface area contributed by atoms with Crippen LogP contribution in [0.1, 0.15) is 23.9 Å². The number of hydrogen-bond donors (Lipinski definition) is 0. The van der Waals surface area contributed by atoms with E-state index in [-0.39, 0.29) is 0 Å². The van der Waals surface area contributed by atoms with Crippen molar-refractivity contribution < 1.29 is 9.47 Å². The van der Waals surface area contributed by atoms with Crippen molar-refractivity contribution in [3.63, 3.8) is 0 Å². The van der Waals surface area contributed by atoms with Gasteiger partial charge in [-0.3, -0.25) is 0 Å². The molecule has 0 aliphatic heterocycles. The van der Waals surface area contributed by atoms with Crippen molar-refractivity contribution in [2.24, 2.45) is 0 Å². The molecule has 0 unspecified atom stereocenters. The molecule has 0 saturated carbocycles. The highest BCUT2D eigenvalue weighted by Crippen LogP contribution is 2.22. The third-order valence-corrected chi connectivity index (χ3v) is 4.41. The number of rotatable bonds is 9. The second-order valence-electron chi connectivity index (χ2n) is 6.66. The molecule has 2 aromatic carbocycles. The Balaban J connectivity index is 1.54. The van der Waals surface area contributed by atoms with Crippen molar-refractivity contribution >= 4 is 5.69 Å². The molecule has 0 N–H and O–H groups in total. The van der Waals surface area contributed by atoms with Gasteiger partial charge in [-0.1, -0.05) is 23.8 Å². The SMILES string of the molecule is CCN(Cc1cnc(C)nc1)c1cccc(OCCOc2ccc(C)cc2)c1. The summed E-state index contributed by atoms with van der Waals surface area (Å²) in [4.78, 5) is 10.8. The topological polar surface area (TPSA) is 47.5 Å². The molecule has 1 heterocycles. The molecule has 0 amide bonds. The van der Waals surface area contributed by atoms with Gasteiger partial charge in [0.2, 0.25) is 0 Å². The quantitative estimate of drug-likeness (QED) is 0.511. The van der Waals surface area contributed by atoms with E-state index in [9.17, 15) is 0 Å². The Labute approximate surface area is 167 Å². The number of anilines is 1. The fourth-order valence-corrected chi connectivity index (χ4v) is 2.83. The summed E-state index contributed by atoms with van der Waals surface area (Å²) in [5, 5.41) is 0. The molecule has 3 rings (SSSR count). The van der Waals surface area contributed by atoms with Gasteiger partial charge in [-0.25, -0.2) is 9.97 Å². The predicted molar refractivity (Wildman–Crippen MR) is 112 cm³/mol. The fraction of sp³-hybridized carbons (Fsp3) is 0.304. The van der Waals surface area contributed by atoms with Crippen LogP contribution >= 0.6 is 0 Å². The lowest BCUT2D eigenvalue weighted by Crippen LogP contribution is -2.22. The lowest BCUT2D eigenvalue weighted by Gasteiger charge is -2.23. The zero-order chi connectivity index (χ0) is 19.8. The van der Waals surface area contributed by atoms with Crippen LogP contribution in [0.3, 0.4) is 0 Å². The van der Waals surface area contributed by atoms with Crippen LogP contribution in [0.2, 0.25) is 0 Å². The summed E-state index contributed by atoms with van der Waals surface area (Å²) in [6, 6.07) is 16.2. The summed E-state index contributed by atoms with van der Waals surface area (Å²) >= 11 is 0. The minimum atomic E-state index is 0.495. The largest absolute Gasteiger partial charge is 0.490 e. The van der Waals surface area contributed by atoms with Gasteiger partial charge >= 0.3 is 0 Å². The molecule has 146 valence electrons. The summed E-state index contributed by atoms with van der Waals surface area (Å²) in [5.74, 6) is 2.49. The number of ether oxygens (including phenoxy) is 2. The fourth-order valence-electron chi connectivity index (χ4n) is 2.83. The smallest absolute Gasteiger partial charge is 0.125 e. The van der Waals surface area contributed by atoms with Gasteiger partial charge in [-0.2, -0.15) is 0 Å². The van der Waals surface area contributed by atoms with Crippen LogP contribution in [0.4, 0.5) is 5.69 Å². The minimum Gasteiger partial charge on any atom is -0.490 e. The number of hydrogen-bond acceptors (Lipinski definition) is 5. The van der Waals surface area contributed by atoms with E-state index in [1.807, 2.05) is 55.7 Å². The van der Waals surface area contributed by atoms with Crippen molar-refractivity contribution in [3.8, 4) is 11.5 Å². The normalized spacial score (nSPS) is 10.5. The first kappa shape index (κ1) is 19.7. The first-order valence-electron chi connectivity index (χ1n) is 9.59. The van der Waals surface area contributed by atoms with Gasteiger partial charge < -0.3 is 14.4 Å². The highest BCUT2D eigenvalue weighted by molar-refractivity contribution is 5.51. The van der Waals surface area contributed by atoms with E-state index in [0.717, 1.165) is 41.7 Å². The van der Waals surface area contributed by atoms with E-state index in [1.54, 1.807) is 0 Å². The van der Waals surface area contributed by atoms with E-state index in [4.69, 9.17) is 9.47 Å². The molecule has 0 radical (unpaired) electrons. The molecule has 3 aromatic rings. The summed E-state index contributed by atoms with van der Waals surface area (Å²) in [6.07, 6.45) is 3.77. The minimum absolute atomic E-state index is 0.495. The molecule has 0 spiro atoms. The molecular formula is C23H27N3O2. The average molecular weight is 377 g/mol. The van der Waals surface area contributed by atoms with E-state index in [1.165, 1.54) is 5.56 Å². The molecule has 1 aromatic heterocycles. The Bertz CT molecular complexity index is 864. The maximum absolute atomic E-state index is 5.88. The zero-order valence-corrected chi connectivity index (χ0v) is 16.8.